The molecule has 6 nitrogen and oxygen atoms in total. The Bertz CT molecular complexity index is 964. The topological polar surface area (TPSA) is 64.7 Å². The summed E-state index contributed by atoms with van der Waals surface area (Å²) in [7, 11) is 0. The summed E-state index contributed by atoms with van der Waals surface area (Å²) in [6.07, 6.45) is 0.529. The van der Waals surface area contributed by atoms with Gasteiger partial charge in [-0.15, -0.1) is 0 Å². The van der Waals surface area contributed by atoms with Crippen LogP contribution in [-0.2, 0) is 4.79 Å². The van der Waals surface area contributed by atoms with Gasteiger partial charge in [0.05, 0.1) is 16.3 Å². The number of nitrogens with one attached hydrogen (secondary N) is 2. The molecule has 9 heteroatoms. The molecule has 3 rings (SSSR count). The third-order valence-corrected chi connectivity index (χ3v) is 6.27. The summed E-state index contributed by atoms with van der Waals surface area (Å²) in [5.74, 6) is -0.0826. The van der Waals surface area contributed by atoms with Gasteiger partial charge >= 0.3 is 0 Å². The van der Waals surface area contributed by atoms with Gasteiger partial charge < -0.3 is 15.1 Å². The Hall–Kier alpha value is -1.91. The molecule has 1 aliphatic heterocycles. The lowest BCUT2D eigenvalue weighted by Crippen LogP contribution is -2.48. The highest BCUT2D eigenvalue weighted by molar-refractivity contribution is 14.1. The second-order valence-corrected chi connectivity index (χ2v) is 8.75. The maximum absolute atomic E-state index is 12.4. The Kier molecular flexibility index (Phi) is 7.90. The lowest BCUT2D eigenvalue weighted by atomic mass is 10.2. The van der Waals surface area contributed by atoms with Crippen LogP contribution in [0.3, 0.4) is 0 Å². The number of hydrogen-bond acceptors (Lipinski definition) is 4. The van der Waals surface area contributed by atoms with Crippen molar-refractivity contribution in [1.29, 1.82) is 0 Å². The lowest BCUT2D eigenvalue weighted by molar-refractivity contribution is -0.131. The molecule has 2 aromatic rings. The zero-order valence-electron chi connectivity index (χ0n) is 16.5. The molecule has 158 valence electrons. The summed E-state index contributed by atoms with van der Waals surface area (Å²) < 4.78 is 0.850. The van der Waals surface area contributed by atoms with Crippen molar-refractivity contribution in [2.75, 3.05) is 36.4 Å². The van der Waals surface area contributed by atoms with Crippen LogP contribution < -0.4 is 15.5 Å². The summed E-state index contributed by atoms with van der Waals surface area (Å²) in [6, 6.07) is 12.9. The first-order chi connectivity index (χ1) is 14.4. The lowest BCUT2D eigenvalue weighted by Gasteiger charge is -2.36. The summed E-state index contributed by atoms with van der Waals surface area (Å²) in [5.41, 5.74) is 2.17. The summed E-state index contributed by atoms with van der Waals surface area (Å²) in [5, 5.41) is 6.48. The Morgan fingerprint density at radius 1 is 1.13 bits per heavy atom. The van der Waals surface area contributed by atoms with Crippen LogP contribution in [0.4, 0.5) is 11.4 Å². The molecular weight excluding hydrogens is 535 g/mol. The number of thiocarbonyl (C=S) groups is 1. The molecule has 2 aromatic carbocycles. The minimum atomic E-state index is -0.264. The van der Waals surface area contributed by atoms with Gasteiger partial charge in [-0.2, -0.15) is 0 Å². The maximum atomic E-state index is 12.4. The molecule has 0 saturated carbocycles. The van der Waals surface area contributed by atoms with Crippen molar-refractivity contribution in [3.8, 4) is 0 Å². The van der Waals surface area contributed by atoms with Crippen LogP contribution in [0.5, 0.6) is 0 Å². The van der Waals surface area contributed by atoms with Crippen molar-refractivity contribution in [2.45, 2.75) is 13.3 Å². The number of piperazine rings is 1. The number of halogens is 2. The molecule has 2 N–H and O–H groups in total. The third-order valence-electron chi connectivity index (χ3n) is 4.83. The van der Waals surface area contributed by atoms with Crippen molar-refractivity contribution in [3.63, 3.8) is 0 Å². The van der Waals surface area contributed by atoms with Crippen molar-refractivity contribution < 1.29 is 9.59 Å². The highest BCUT2D eigenvalue weighted by atomic mass is 127. The molecule has 1 saturated heterocycles. The van der Waals surface area contributed by atoms with Gasteiger partial charge in [-0.05, 0) is 65.1 Å². The van der Waals surface area contributed by atoms with Gasteiger partial charge in [0.15, 0.2) is 5.11 Å². The molecule has 0 spiro atoms. The predicted octanol–water partition coefficient (Wildman–Crippen LogP) is 4.13. The standard InChI is InChI=1S/C21H22ClIN4O2S/c1-2-19(28)27-11-9-26(10-12-27)18-8-7-14(13-16(18)22)24-21(30)25-20(29)15-5-3-4-6-17(15)23/h3-8,13H,2,9-12H2,1H3,(H2,24,25,29,30). The molecule has 0 unspecified atom stereocenters. The molecule has 30 heavy (non-hydrogen) atoms. The quantitative estimate of drug-likeness (QED) is 0.438. The van der Waals surface area contributed by atoms with Gasteiger partial charge in [-0.1, -0.05) is 30.7 Å². The van der Waals surface area contributed by atoms with Crippen LogP contribution in [0, 0.1) is 3.57 Å². The number of nitrogens with zero attached hydrogens (tertiary/aromatic N) is 2. The second-order valence-electron chi connectivity index (χ2n) is 6.78. The van der Waals surface area contributed by atoms with E-state index in [1.807, 2.05) is 42.2 Å². The van der Waals surface area contributed by atoms with Crippen molar-refractivity contribution in [2.24, 2.45) is 0 Å². The molecule has 2 amide bonds. The van der Waals surface area contributed by atoms with E-state index in [0.29, 0.717) is 35.8 Å². The number of rotatable bonds is 4. The van der Waals surface area contributed by atoms with Crippen LogP contribution in [0.15, 0.2) is 42.5 Å². The minimum absolute atomic E-state index is 0.182. The van der Waals surface area contributed by atoms with Crippen molar-refractivity contribution >= 4 is 74.7 Å². The highest BCUT2D eigenvalue weighted by Crippen LogP contribution is 2.29. The monoisotopic (exact) mass is 556 g/mol. The van der Waals surface area contributed by atoms with E-state index >= 15 is 0 Å². The molecule has 0 atom stereocenters. The first-order valence-corrected chi connectivity index (χ1v) is 11.4. The fraction of sp³-hybridized carbons (Fsp3) is 0.286. The van der Waals surface area contributed by atoms with Gasteiger partial charge in [0.2, 0.25) is 5.91 Å². The minimum Gasteiger partial charge on any atom is -0.367 e. The van der Waals surface area contributed by atoms with Crippen molar-refractivity contribution in [3.05, 3.63) is 56.6 Å². The van der Waals surface area contributed by atoms with Gasteiger partial charge in [0.25, 0.3) is 5.91 Å². The number of amides is 2. The largest absolute Gasteiger partial charge is 0.367 e. The summed E-state index contributed by atoms with van der Waals surface area (Å²) >= 11 is 13.9. The fourth-order valence-electron chi connectivity index (χ4n) is 3.24. The van der Waals surface area contributed by atoms with Crippen LogP contribution >= 0.6 is 46.4 Å². The first-order valence-electron chi connectivity index (χ1n) is 9.58. The second kappa shape index (κ2) is 10.4. The van der Waals surface area contributed by atoms with E-state index in [-0.39, 0.29) is 16.9 Å². The number of anilines is 2. The molecule has 0 radical (unpaired) electrons. The number of hydrogen-bond donors (Lipinski definition) is 2. The van der Waals surface area contributed by atoms with E-state index in [4.69, 9.17) is 23.8 Å². The third kappa shape index (κ3) is 5.61. The average molecular weight is 557 g/mol. The Balaban J connectivity index is 1.59. The molecule has 1 fully saturated rings. The average Bonchev–Trinajstić information content (AvgIpc) is 2.73. The maximum Gasteiger partial charge on any atom is 0.258 e. The first kappa shape index (κ1) is 22.8. The van der Waals surface area contributed by atoms with Gasteiger partial charge in [0.1, 0.15) is 0 Å². The molecule has 1 aliphatic rings. The Labute approximate surface area is 200 Å². The predicted molar refractivity (Wildman–Crippen MR) is 133 cm³/mol. The van der Waals surface area contributed by atoms with Gasteiger partial charge in [0, 0.05) is 41.9 Å². The van der Waals surface area contributed by atoms with E-state index in [1.54, 1.807) is 12.1 Å². The number of carbonyl (C=O) groups excluding carboxylic acids is 2. The number of benzene rings is 2. The summed E-state index contributed by atoms with van der Waals surface area (Å²) in [6.45, 7) is 4.74. The normalized spacial score (nSPS) is 13.7. The molecule has 0 aromatic heterocycles. The van der Waals surface area contributed by atoms with Crippen LogP contribution in [0.2, 0.25) is 5.02 Å². The van der Waals surface area contributed by atoms with Crippen LogP contribution in [0.25, 0.3) is 0 Å². The van der Waals surface area contributed by atoms with E-state index in [1.165, 1.54) is 0 Å². The Morgan fingerprint density at radius 2 is 1.83 bits per heavy atom. The zero-order chi connectivity index (χ0) is 21.7. The fourth-order valence-corrected chi connectivity index (χ4v) is 4.38. The molecule has 0 aliphatic carbocycles. The molecular formula is C21H22ClIN4O2S. The highest BCUT2D eigenvalue weighted by Gasteiger charge is 2.21. The zero-order valence-corrected chi connectivity index (χ0v) is 20.2. The van der Waals surface area contributed by atoms with Crippen LogP contribution in [-0.4, -0.2) is 48.0 Å². The van der Waals surface area contributed by atoms with Crippen LogP contribution in [0.1, 0.15) is 23.7 Å². The van der Waals surface area contributed by atoms with E-state index in [2.05, 4.69) is 38.1 Å². The number of carbonyl (C=O) groups is 2. The van der Waals surface area contributed by atoms with E-state index in [0.717, 1.165) is 22.3 Å². The smallest absolute Gasteiger partial charge is 0.258 e. The van der Waals surface area contributed by atoms with Gasteiger partial charge in [-0.3, -0.25) is 14.9 Å². The summed E-state index contributed by atoms with van der Waals surface area (Å²) in [4.78, 5) is 28.3. The van der Waals surface area contributed by atoms with E-state index < -0.39 is 0 Å². The van der Waals surface area contributed by atoms with Crippen molar-refractivity contribution in [1.82, 2.24) is 10.2 Å². The van der Waals surface area contributed by atoms with Gasteiger partial charge in [-0.25, -0.2) is 0 Å². The molecule has 1 heterocycles. The van der Waals surface area contributed by atoms with E-state index in [9.17, 15) is 9.59 Å². The Morgan fingerprint density at radius 3 is 2.47 bits per heavy atom. The SMILES string of the molecule is CCC(=O)N1CCN(c2ccc(NC(=S)NC(=O)c3ccccc3I)cc2Cl)CC1. The molecule has 0 bridgehead atoms.